The van der Waals surface area contributed by atoms with Crippen LogP contribution in [0.2, 0.25) is 0 Å². The van der Waals surface area contributed by atoms with Gasteiger partial charge in [-0.1, -0.05) is 82.2 Å². The Bertz CT molecular complexity index is 655. The average Bonchev–Trinajstić information content (AvgIpc) is 2.70. The molecular weight excluding hydrogens is 345 g/mol. The Morgan fingerprint density at radius 1 is 1.00 bits per heavy atom. The lowest BCUT2D eigenvalue weighted by molar-refractivity contribution is 0.0680. The zero-order valence-corrected chi connectivity index (χ0v) is 16.3. The Morgan fingerprint density at radius 2 is 1.63 bits per heavy atom. The molecule has 0 aromatic heterocycles. The Balaban J connectivity index is 1.56. The summed E-state index contributed by atoms with van der Waals surface area (Å²) in [4.78, 5) is 0. The molecule has 0 amide bonds. The number of alkyl halides is 2. The summed E-state index contributed by atoms with van der Waals surface area (Å²) >= 11 is 0. The molecule has 148 valence electrons. The second-order valence-corrected chi connectivity index (χ2v) is 8.31. The first-order valence-electron chi connectivity index (χ1n) is 10.5. The van der Waals surface area contributed by atoms with Crippen molar-refractivity contribution in [1.29, 1.82) is 0 Å². The molecule has 0 nitrogen and oxygen atoms in total. The third kappa shape index (κ3) is 4.86. The number of hydrogen-bond acceptors (Lipinski definition) is 0. The van der Waals surface area contributed by atoms with Crippen molar-refractivity contribution in [3.63, 3.8) is 0 Å². The molecular formula is C24H31F3. The van der Waals surface area contributed by atoms with E-state index in [1.165, 1.54) is 44.3 Å². The van der Waals surface area contributed by atoms with Gasteiger partial charge in [0, 0.05) is 0 Å². The summed E-state index contributed by atoms with van der Waals surface area (Å²) in [6.07, 6.45) is 9.25. The van der Waals surface area contributed by atoms with Crippen LogP contribution >= 0.6 is 0 Å². The van der Waals surface area contributed by atoms with Crippen LogP contribution in [0.4, 0.5) is 13.2 Å². The maximum Gasteiger partial charge on any atom is 0.196 e. The number of benzene rings is 1. The Morgan fingerprint density at radius 3 is 2.22 bits per heavy atom. The topological polar surface area (TPSA) is 0 Å². The molecule has 0 saturated heterocycles. The Hall–Kier alpha value is -1.51. The van der Waals surface area contributed by atoms with Crippen molar-refractivity contribution in [2.45, 2.75) is 76.6 Å². The van der Waals surface area contributed by atoms with Crippen LogP contribution in [-0.2, 0) is 0 Å². The maximum atomic E-state index is 15.2. The van der Waals surface area contributed by atoms with E-state index < -0.39 is 17.7 Å². The van der Waals surface area contributed by atoms with E-state index in [9.17, 15) is 8.78 Å². The van der Waals surface area contributed by atoms with Crippen LogP contribution < -0.4 is 0 Å². The number of allylic oxidation sites excluding steroid dienone is 4. The van der Waals surface area contributed by atoms with Crippen molar-refractivity contribution >= 4 is 5.57 Å². The van der Waals surface area contributed by atoms with E-state index in [1.807, 2.05) is 18.2 Å². The summed E-state index contributed by atoms with van der Waals surface area (Å²) in [7, 11) is 0. The van der Waals surface area contributed by atoms with Gasteiger partial charge < -0.3 is 0 Å². The van der Waals surface area contributed by atoms with Crippen LogP contribution in [0.15, 0.2) is 48.3 Å². The molecule has 3 rings (SSSR count). The quantitative estimate of drug-likeness (QED) is 0.456. The maximum absolute atomic E-state index is 15.2. The number of unbranched alkanes of at least 4 members (excludes halogenated alkanes) is 1. The Kier molecular flexibility index (Phi) is 6.83. The van der Waals surface area contributed by atoms with Crippen LogP contribution in [0.3, 0.4) is 0 Å². The summed E-state index contributed by atoms with van der Waals surface area (Å²) in [5.74, 6) is 0.222. The average molecular weight is 377 g/mol. The van der Waals surface area contributed by atoms with Crippen molar-refractivity contribution in [1.82, 2.24) is 0 Å². The molecule has 2 atom stereocenters. The number of rotatable bonds is 7. The molecule has 1 saturated carbocycles. The predicted molar refractivity (Wildman–Crippen MR) is 107 cm³/mol. The summed E-state index contributed by atoms with van der Waals surface area (Å²) in [6.45, 7) is 2.21. The third-order valence-electron chi connectivity index (χ3n) is 6.40. The van der Waals surface area contributed by atoms with Gasteiger partial charge in [0.1, 0.15) is 5.83 Å². The van der Waals surface area contributed by atoms with Crippen molar-refractivity contribution in [3.8, 4) is 0 Å². The highest BCUT2D eigenvalue weighted by molar-refractivity contribution is 5.76. The largest absolute Gasteiger partial charge is 0.239 e. The summed E-state index contributed by atoms with van der Waals surface area (Å²) in [6, 6.07) is 9.03. The van der Waals surface area contributed by atoms with Crippen LogP contribution in [0.5, 0.6) is 0 Å². The van der Waals surface area contributed by atoms with Gasteiger partial charge in [-0.15, -0.1) is 0 Å². The predicted octanol–water partition coefficient (Wildman–Crippen LogP) is 7.76. The molecule has 0 heterocycles. The molecule has 0 radical (unpaired) electrons. The lowest BCUT2D eigenvalue weighted by Gasteiger charge is -2.33. The minimum atomic E-state index is -2.50. The molecule has 1 fully saturated rings. The minimum Gasteiger partial charge on any atom is -0.239 e. The highest BCUT2D eigenvalue weighted by atomic mass is 19.2. The second-order valence-electron chi connectivity index (χ2n) is 8.31. The molecule has 3 heteroatoms. The summed E-state index contributed by atoms with van der Waals surface area (Å²) < 4.78 is 44.4. The molecule has 2 aliphatic rings. The third-order valence-corrected chi connectivity index (χ3v) is 6.40. The van der Waals surface area contributed by atoms with Gasteiger partial charge in [-0.25, -0.2) is 13.2 Å². The minimum absolute atomic E-state index is 0.0701. The van der Waals surface area contributed by atoms with Gasteiger partial charge in [-0.2, -0.15) is 0 Å². The second kappa shape index (κ2) is 9.12. The zero-order chi connectivity index (χ0) is 19.3. The fourth-order valence-electron chi connectivity index (χ4n) is 4.51. The van der Waals surface area contributed by atoms with Crippen LogP contribution in [0.25, 0.3) is 5.57 Å². The lowest BCUT2D eigenvalue weighted by Crippen LogP contribution is -2.37. The van der Waals surface area contributed by atoms with E-state index in [0.717, 1.165) is 18.8 Å². The first-order chi connectivity index (χ1) is 13.0. The zero-order valence-electron chi connectivity index (χ0n) is 16.3. The highest BCUT2D eigenvalue weighted by Gasteiger charge is 2.45. The van der Waals surface area contributed by atoms with Crippen molar-refractivity contribution in [2.24, 2.45) is 11.8 Å². The van der Waals surface area contributed by atoms with E-state index in [4.69, 9.17) is 0 Å². The van der Waals surface area contributed by atoms with E-state index in [1.54, 1.807) is 12.1 Å². The summed E-state index contributed by atoms with van der Waals surface area (Å²) in [5.41, 5.74) is -1.37. The SMILES string of the molecule is CCCCC1CCC(CCC2(F)C(F)=CC(c3ccccc3)=CC2F)CC1. The monoisotopic (exact) mass is 376 g/mol. The molecule has 1 aromatic carbocycles. The molecule has 0 aliphatic heterocycles. The van der Waals surface area contributed by atoms with Crippen LogP contribution in [-0.4, -0.2) is 11.8 Å². The molecule has 0 bridgehead atoms. The van der Waals surface area contributed by atoms with Gasteiger partial charge in [0.15, 0.2) is 11.8 Å². The molecule has 0 N–H and O–H groups in total. The van der Waals surface area contributed by atoms with Gasteiger partial charge in [-0.3, -0.25) is 0 Å². The summed E-state index contributed by atoms with van der Waals surface area (Å²) in [5, 5.41) is 0. The van der Waals surface area contributed by atoms with E-state index in [2.05, 4.69) is 6.92 Å². The smallest absolute Gasteiger partial charge is 0.196 e. The van der Waals surface area contributed by atoms with E-state index in [0.29, 0.717) is 23.5 Å². The van der Waals surface area contributed by atoms with Crippen LogP contribution in [0, 0.1) is 11.8 Å². The van der Waals surface area contributed by atoms with Crippen molar-refractivity contribution in [2.75, 3.05) is 0 Å². The van der Waals surface area contributed by atoms with Gasteiger partial charge in [0.25, 0.3) is 0 Å². The molecule has 2 aliphatic carbocycles. The van der Waals surface area contributed by atoms with E-state index >= 15 is 4.39 Å². The molecule has 1 aromatic rings. The fraction of sp³-hybridized carbons (Fsp3) is 0.583. The van der Waals surface area contributed by atoms with Gasteiger partial charge >= 0.3 is 0 Å². The molecule has 27 heavy (non-hydrogen) atoms. The molecule has 0 spiro atoms. The van der Waals surface area contributed by atoms with Gasteiger partial charge in [-0.05, 0) is 48.0 Å². The highest BCUT2D eigenvalue weighted by Crippen LogP contribution is 2.43. The normalized spacial score (nSPS) is 31.3. The van der Waals surface area contributed by atoms with E-state index in [-0.39, 0.29) is 6.42 Å². The lowest BCUT2D eigenvalue weighted by atomic mass is 9.76. The van der Waals surface area contributed by atoms with Gasteiger partial charge in [0.2, 0.25) is 0 Å². The number of halogens is 3. The van der Waals surface area contributed by atoms with Crippen LogP contribution in [0.1, 0.15) is 70.3 Å². The fourth-order valence-corrected chi connectivity index (χ4v) is 4.51. The standard InChI is InChI=1S/C24H31F3/c1-2-3-7-18-10-12-19(13-11-18)14-15-24(27)22(25)16-21(17-23(24)26)20-8-5-4-6-9-20/h4-6,8-9,16-19,22H,2-3,7,10-15H2,1H3. The van der Waals surface area contributed by atoms with Crippen molar-refractivity contribution < 1.29 is 13.2 Å². The molecule has 2 unspecified atom stereocenters. The van der Waals surface area contributed by atoms with Crippen molar-refractivity contribution in [3.05, 3.63) is 53.9 Å². The van der Waals surface area contributed by atoms with Gasteiger partial charge in [0.05, 0.1) is 0 Å². The first-order valence-corrected chi connectivity index (χ1v) is 10.5. The first kappa shape index (κ1) is 20.2. The Labute approximate surface area is 161 Å². The number of hydrogen-bond donors (Lipinski definition) is 0.